The molecule has 0 aliphatic rings. The molecule has 586 valence electrons. The van der Waals surface area contributed by atoms with Crippen molar-refractivity contribution in [1.82, 2.24) is 0 Å². The van der Waals surface area contributed by atoms with Crippen LogP contribution < -0.4 is 33.2 Å². The smallest absolute Gasteiger partial charge is 0.193 e. The van der Waals surface area contributed by atoms with Gasteiger partial charge in [0.1, 0.15) is 74.7 Å². The van der Waals surface area contributed by atoms with Gasteiger partial charge in [0.25, 0.3) is 0 Å². The molecule has 17 rings (SSSR count). The molecule has 0 amide bonds. The zero-order valence-electron chi connectivity index (χ0n) is 65.6. The molecule has 0 aromatic heterocycles. The molecule has 0 fully saturated rings. The summed E-state index contributed by atoms with van der Waals surface area (Å²) < 4.78 is 43.3. The van der Waals surface area contributed by atoms with Crippen molar-refractivity contribution in [2.45, 2.75) is 0 Å². The highest BCUT2D eigenvalue weighted by Gasteiger charge is 2.23. The fourth-order valence-electron chi connectivity index (χ4n) is 14.1. The largest absolute Gasteiger partial charge is 0.497 e. The van der Waals surface area contributed by atoms with Gasteiger partial charge in [-0.3, -0.25) is 28.8 Å². The van der Waals surface area contributed by atoms with E-state index in [1.807, 2.05) is 218 Å². The van der Waals surface area contributed by atoms with E-state index in [-0.39, 0.29) is 96.4 Å². The lowest BCUT2D eigenvalue weighted by Gasteiger charge is -2.13. The molecule has 0 spiro atoms. The Bertz CT molecular complexity index is 5920. The summed E-state index contributed by atoms with van der Waals surface area (Å²) in [6.07, 6.45) is 0. The van der Waals surface area contributed by atoms with Gasteiger partial charge in [-0.2, -0.15) is 0 Å². The Labute approximate surface area is 704 Å². The second kappa shape index (κ2) is 35.8. The van der Waals surface area contributed by atoms with Crippen molar-refractivity contribution in [1.29, 1.82) is 0 Å². The Morgan fingerprint density at radius 2 is 0.279 bits per heavy atom. The zero-order valence-corrected chi connectivity index (χ0v) is 65.6. The van der Waals surface area contributed by atoms with Gasteiger partial charge in [-0.1, -0.05) is 170 Å². The molecule has 13 heteroatoms. The van der Waals surface area contributed by atoms with E-state index in [1.165, 1.54) is 13.2 Å². The van der Waals surface area contributed by atoms with Gasteiger partial charge in [0.2, 0.25) is 0 Å². The number of carbonyl (C=O) groups is 6. The predicted octanol–water partition coefficient (Wildman–Crippen LogP) is 26.5. The lowest BCUT2D eigenvalue weighted by atomic mass is 9.96. The van der Waals surface area contributed by atoms with Gasteiger partial charge in [-0.05, 0) is 293 Å². The van der Waals surface area contributed by atoms with E-state index in [0.29, 0.717) is 68.2 Å². The number of benzene rings is 17. The van der Waals surface area contributed by atoms with Crippen LogP contribution in [-0.4, -0.2) is 41.8 Å². The predicted molar refractivity (Wildman–Crippen MR) is 473 cm³/mol. The molecular weight excluding hydrogens is 1520 g/mol. The lowest BCUT2D eigenvalue weighted by Crippen LogP contribution is -2.08. The van der Waals surface area contributed by atoms with Gasteiger partial charge < -0.3 is 33.2 Å². The minimum Gasteiger partial charge on any atom is -0.497 e. The third-order valence-corrected chi connectivity index (χ3v) is 20.5. The Morgan fingerprint density at radius 3 is 0.443 bits per heavy atom. The van der Waals surface area contributed by atoms with Crippen LogP contribution in [0, 0.1) is 0 Å². The maximum Gasteiger partial charge on any atom is 0.193 e. The standard InChI is InChI=1S/C109H72O13/c1-116-101-65-85(104(110)79-38-58-99(59-39-79)121-102-67-87(106(112)81-30-50-95(51-31-81)117-91-42-22-75(23-43-91)71-14-6-2-7-15-71)63-88(68-102)107(113)82-32-52-96(53-33-82)118-92-44-24-76(25-45-92)72-16-8-3-9-17-72)62-86(66-101)105(111)80-40-60-100(61-41-80)122-103-69-89(108(114)83-34-54-97(55-35-83)119-93-46-26-77(27-47-93)73-18-10-4-11-19-73)64-90(70-103)109(115)84-36-56-98(57-37-84)120-94-48-28-78(29-49-94)74-20-12-5-13-21-74/h2-70H,1H3. The summed E-state index contributed by atoms with van der Waals surface area (Å²) in [5.41, 5.74) is 11.4. The van der Waals surface area contributed by atoms with Crippen molar-refractivity contribution < 1.29 is 61.9 Å². The highest BCUT2D eigenvalue weighted by molar-refractivity contribution is 6.16. The van der Waals surface area contributed by atoms with Crippen LogP contribution in [0.4, 0.5) is 0 Å². The topological polar surface area (TPSA) is 167 Å². The first-order chi connectivity index (χ1) is 59.8. The Kier molecular flexibility index (Phi) is 22.9. The third kappa shape index (κ3) is 18.6. The second-order valence-corrected chi connectivity index (χ2v) is 28.7. The summed E-state index contributed by atoms with van der Waals surface area (Å²) in [6, 6.07) is 125. The maximum atomic E-state index is 14.6. The maximum absolute atomic E-state index is 14.6. The number of hydrogen-bond donors (Lipinski definition) is 0. The molecule has 13 nitrogen and oxygen atoms in total. The molecule has 0 bridgehead atoms. The van der Waals surface area contributed by atoms with E-state index in [2.05, 4.69) is 0 Å². The molecule has 0 heterocycles. The average Bonchev–Trinajstić information content (AvgIpc) is 0.806. The van der Waals surface area contributed by atoms with Gasteiger partial charge in [-0.15, -0.1) is 0 Å². The fraction of sp³-hybridized carbons (Fsp3) is 0.00917. The minimum atomic E-state index is -0.429. The lowest BCUT2D eigenvalue weighted by molar-refractivity contribution is 0.102. The fourth-order valence-corrected chi connectivity index (χ4v) is 14.1. The van der Waals surface area contributed by atoms with Crippen LogP contribution in [0.3, 0.4) is 0 Å². The van der Waals surface area contributed by atoms with Crippen LogP contribution in [0.25, 0.3) is 44.5 Å². The van der Waals surface area contributed by atoms with E-state index in [1.54, 1.807) is 194 Å². The summed E-state index contributed by atoms with van der Waals surface area (Å²) in [5, 5.41) is 0. The van der Waals surface area contributed by atoms with Gasteiger partial charge in [0.05, 0.1) is 7.11 Å². The molecule has 0 atom stereocenters. The first kappa shape index (κ1) is 77.9. The summed E-state index contributed by atoms with van der Waals surface area (Å²) >= 11 is 0. The van der Waals surface area contributed by atoms with E-state index in [9.17, 15) is 28.8 Å². The zero-order chi connectivity index (χ0) is 83.3. The summed E-state index contributed by atoms with van der Waals surface area (Å²) in [4.78, 5) is 87.4. The van der Waals surface area contributed by atoms with Gasteiger partial charge in [0.15, 0.2) is 34.7 Å². The first-order valence-corrected chi connectivity index (χ1v) is 39.3. The number of hydrogen-bond acceptors (Lipinski definition) is 13. The van der Waals surface area contributed by atoms with Crippen molar-refractivity contribution in [3.05, 3.63) is 485 Å². The van der Waals surface area contributed by atoms with Crippen molar-refractivity contribution in [2.75, 3.05) is 7.11 Å². The number of rotatable bonds is 29. The van der Waals surface area contributed by atoms with Crippen LogP contribution in [-0.2, 0) is 0 Å². The van der Waals surface area contributed by atoms with E-state index in [0.717, 1.165) is 44.5 Å². The average molecular weight is 1590 g/mol. The Morgan fingerprint density at radius 1 is 0.139 bits per heavy atom. The number of ketones is 6. The molecule has 0 saturated carbocycles. The Balaban J connectivity index is 0.589. The molecule has 0 N–H and O–H groups in total. The van der Waals surface area contributed by atoms with Crippen LogP contribution in [0.2, 0.25) is 0 Å². The van der Waals surface area contributed by atoms with Gasteiger partial charge in [0, 0.05) is 66.8 Å². The molecule has 0 saturated heterocycles. The van der Waals surface area contributed by atoms with Crippen LogP contribution in [0.1, 0.15) is 95.5 Å². The molecule has 17 aromatic rings. The number of methoxy groups -OCH3 is 1. The van der Waals surface area contributed by atoms with Crippen molar-refractivity contribution in [3.8, 4) is 119 Å². The first-order valence-electron chi connectivity index (χ1n) is 39.3. The summed E-state index contributed by atoms with van der Waals surface area (Å²) in [7, 11) is 1.44. The molecule has 122 heavy (non-hydrogen) atoms. The third-order valence-electron chi connectivity index (χ3n) is 20.5. The van der Waals surface area contributed by atoms with E-state index < -0.39 is 11.6 Å². The SMILES string of the molecule is COc1cc(C(=O)c2ccc(Oc3cc(C(=O)c4ccc(Oc5ccc(-c6ccccc6)cc5)cc4)cc(C(=O)c4ccc(Oc5ccc(-c6ccccc6)cc5)cc4)c3)cc2)cc(C(=O)c2ccc(Oc3cc(C(=O)c4ccc(Oc5ccc(-c6ccccc6)cc5)cc4)cc(C(=O)c4ccc(Oc5ccc(-c6ccccc6)cc5)cc4)c3)cc2)c1. The number of carbonyl (C=O) groups excluding carboxylic acids is 6. The molecule has 0 aliphatic heterocycles. The Hall–Kier alpha value is -16.6. The molecule has 0 unspecified atom stereocenters. The molecule has 0 aliphatic carbocycles. The van der Waals surface area contributed by atoms with Gasteiger partial charge >= 0.3 is 0 Å². The molecule has 17 aromatic carbocycles. The normalized spacial score (nSPS) is 10.9. The monoisotopic (exact) mass is 1590 g/mol. The molecule has 0 radical (unpaired) electrons. The highest BCUT2D eigenvalue weighted by Crippen LogP contribution is 2.37. The summed E-state index contributed by atoms with van der Waals surface area (Å²) in [5.74, 6) is 3.33. The quantitative estimate of drug-likeness (QED) is 0.0407. The van der Waals surface area contributed by atoms with E-state index in [4.69, 9.17) is 33.2 Å². The van der Waals surface area contributed by atoms with Crippen molar-refractivity contribution in [3.63, 3.8) is 0 Å². The van der Waals surface area contributed by atoms with Crippen molar-refractivity contribution in [2.24, 2.45) is 0 Å². The van der Waals surface area contributed by atoms with Crippen LogP contribution in [0.15, 0.2) is 419 Å². The van der Waals surface area contributed by atoms with Crippen molar-refractivity contribution >= 4 is 34.7 Å². The van der Waals surface area contributed by atoms with Gasteiger partial charge in [-0.25, -0.2) is 0 Å². The summed E-state index contributed by atoms with van der Waals surface area (Å²) in [6.45, 7) is 0. The van der Waals surface area contributed by atoms with E-state index >= 15 is 0 Å². The van der Waals surface area contributed by atoms with Crippen LogP contribution in [0.5, 0.6) is 74.7 Å². The second-order valence-electron chi connectivity index (χ2n) is 28.7. The minimum absolute atomic E-state index is 0.160. The highest BCUT2D eigenvalue weighted by atomic mass is 16.5. The van der Waals surface area contributed by atoms with Crippen LogP contribution >= 0.6 is 0 Å². The molecular formula is C109H72O13. The number of ether oxygens (including phenoxy) is 7.